The molecule has 0 aliphatic rings. The SMILES string of the molecule is CCCNC(=O)[C@@H](CC)N(Cc1ccc(F)cc1)C(=O)CCc1ccc(C(C)C)cc1. The summed E-state index contributed by atoms with van der Waals surface area (Å²) in [6.07, 6.45) is 2.29. The molecule has 0 spiro atoms. The van der Waals surface area contributed by atoms with Crippen LogP contribution in [0.25, 0.3) is 0 Å². The summed E-state index contributed by atoms with van der Waals surface area (Å²) in [4.78, 5) is 27.6. The van der Waals surface area contributed by atoms with Crippen molar-refractivity contribution in [3.05, 3.63) is 71.0 Å². The average molecular weight is 427 g/mol. The zero-order valence-electron chi connectivity index (χ0n) is 19.2. The van der Waals surface area contributed by atoms with Crippen molar-refractivity contribution in [1.82, 2.24) is 10.2 Å². The summed E-state index contributed by atoms with van der Waals surface area (Å²) < 4.78 is 13.3. The number of halogens is 1. The van der Waals surface area contributed by atoms with Crippen molar-refractivity contribution in [1.29, 1.82) is 0 Å². The summed E-state index contributed by atoms with van der Waals surface area (Å²) in [5.74, 6) is -0.0649. The molecule has 0 saturated heterocycles. The number of carbonyl (C=O) groups is 2. The van der Waals surface area contributed by atoms with E-state index in [0.29, 0.717) is 31.7 Å². The highest BCUT2D eigenvalue weighted by atomic mass is 19.1. The molecular weight excluding hydrogens is 391 g/mol. The van der Waals surface area contributed by atoms with E-state index < -0.39 is 6.04 Å². The van der Waals surface area contributed by atoms with Crippen LogP contribution in [0.2, 0.25) is 0 Å². The van der Waals surface area contributed by atoms with Gasteiger partial charge in [-0.1, -0.05) is 64.1 Å². The number of benzene rings is 2. The van der Waals surface area contributed by atoms with Crippen LogP contribution < -0.4 is 5.32 Å². The molecule has 2 rings (SSSR count). The lowest BCUT2D eigenvalue weighted by atomic mass is 10.00. The Labute approximate surface area is 185 Å². The monoisotopic (exact) mass is 426 g/mol. The van der Waals surface area contributed by atoms with Crippen molar-refractivity contribution in [2.75, 3.05) is 6.54 Å². The number of hydrogen-bond acceptors (Lipinski definition) is 2. The summed E-state index contributed by atoms with van der Waals surface area (Å²) in [5, 5.41) is 2.91. The van der Waals surface area contributed by atoms with Crippen LogP contribution in [0.3, 0.4) is 0 Å². The minimum absolute atomic E-state index is 0.0734. The van der Waals surface area contributed by atoms with E-state index in [1.54, 1.807) is 17.0 Å². The smallest absolute Gasteiger partial charge is 0.242 e. The molecule has 0 aliphatic heterocycles. The molecule has 0 unspecified atom stereocenters. The maximum Gasteiger partial charge on any atom is 0.242 e. The maximum absolute atomic E-state index is 13.3. The van der Waals surface area contributed by atoms with Crippen LogP contribution in [0, 0.1) is 5.82 Å². The van der Waals surface area contributed by atoms with E-state index in [1.807, 2.05) is 13.8 Å². The topological polar surface area (TPSA) is 49.4 Å². The first kappa shape index (κ1) is 24.6. The Hall–Kier alpha value is -2.69. The molecule has 0 saturated carbocycles. The minimum atomic E-state index is -0.549. The number of nitrogens with zero attached hydrogens (tertiary/aromatic N) is 1. The fourth-order valence-corrected chi connectivity index (χ4v) is 3.54. The van der Waals surface area contributed by atoms with Crippen molar-refractivity contribution in [3.63, 3.8) is 0 Å². The fraction of sp³-hybridized carbons (Fsp3) is 0.462. The Bertz CT molecular complexity index is 831. The molecular formula is C26H35FN2O2. The van der Waals surface area contributed by atoms with Gasteiger partial charge in [-0.25, -0.2) is 4.39 Å². The third-order valence-electron chi connectivity index (χ3n) is 5.48. The minimum Gasteiger partial charge on any atom is -0.354 e. The van der Waals surface area contributed by atoms with Crippen LogP contribution in [-0.2, 0) is 22.6 Å². The van der Waals surface area contributed by atoms with Gasteiger partial charge in [0.2, 0.25) is 11.8 Å². The highest BCUT2D eigenvalue weighted by Crippen LogP contribution is 2.18. The summed E-state index contributed by atoms with van der Waals surface area (Å²) in [6, 6.07) is 13.9. The van der Waals surface area contributed by atoms with Gasteiger partial charge >= 0.3 is 0 Å². The quantitative estimate of drug-likeness (QED) is 0.536. The molecule has 2 aromatic rings. The summed E-state index contributed by atoms with van der Waals surface area (Å²) in [6.45, 7) is 9.07. The molecule has 0 heterocycles. The van der Waals surface area contributed by atoms with Gasteiger partial charge < -0.3 is 10.2 Å². The van der Waals surface area contributed by atoms with E-state index in [2.05, 4.69) is 43.4 Å². The van der Waals surface area contributed by atoms with E-state index in [0.717, 1.165) is 17.5 Å². The molecule has 2 amide bonds. The summed E-state index contributed by atoms with van der Waals surface area (Å²) in [5.41, 5.74) is 3.17. The van der Waals surface area contributed by atoms with Crippen molar-refractivity contribution < 1.29 is 14.0 Å². The molecule has 0 aliphatic carbocycles. The Morgan fingerprint density at radius 3 is 2.13 bits per heavy atom. The van der Waals surface area contributed by atoms with Gasteiger partial charge in [0.15, 0.2) is 0 Å². The number of carbonyl (C=O) groups excluding carboxylic acids is 2. The second kappa shape index (κ2) is 12.2. The molecule has 168 valence electrons. The lowest BCUT2D eigenvalue weighted by molar-refractivity contribution is -0.141. The standard InChI is InChI=1S/C26H35FN2O2/c1-5-17-28-26(31)24(6-2)29(18-21-9-14-23(27)15-10-21)25(30)16-11-20-7-12-22(13-8-20)19(3)4/h7-10,12-15,19,24H,5-6,11,16-18H2,1-4H3,(H,28,31)/t24-/m1/s1. The number of rotatable bonds is 11. The maximum atomic E-state index is 13.3. The number of nitrogens with one attached hydrogen (secondary N) is 1. The van der Waals surface area contributed by atoms with Crippen LogP contribution in [0.5, 0.6) is 0 Å². The summed E-state index contributed by atoms with van der Waals surface area (Å²) >= 11 is 0. The molecule has 4 nitrogen and oxygen atoms in total. The van der Waals surface area contributed by atoms with Crippen LogP contribution >= 0.6 is 0 Å². The summed E-state index contributed by atoms with van der Waals surface area (Å²) in [7, 11) is 0. The highest BCUT2D eigenvalue weighted by Gasteiger charge is 2.28. The molecule has 1 atom stereocenters. The van der Waals surface area contributed by atoms with Crippen LogP contribution in [-0.4, -0.2) is 29.3 Å². The first-order chi connectivity index (χ1) is 14.8. The second-order valence-corrected chi connectivity index (χ2v) is 8.26. The highest BCUT2D eigenvalue weighted by molar-refractivity contribution is 5.87. The zero-order valence-corrected chi connectivity index (χ0v) is 19.2. The van der Waals surface area contributed by atoms with Crippen LogP contribution in [0.4, 0.5) is 4.39 Å². The van der Waals surface area contributed by atoms with Crippen molar-refractivity contribution in [3.8, 4) is 0 Å². The Kier molecular flexibility index (Phi) is 9.70. The van der Waals surface area contributed by atoms with Gasteiger partial charge in [0.25, 0.3) is 0 Å². The second-order valence-electron chi connectivity index (χ2n) is 8.26. The van der Waals surface area contributed by atoms with Gasteiger partial charge in [0.05, 0.1) is 0 Å². The molecule has 2 aromatic carbocycles. The third-order valence-corrected chi connectivity index (χ3v) is 5.48. The molecule has 0 radical (unpaired) electrons. The number of aryl methyl sites for hydroxylation is 1. The van der Waals surface area contributed by atoms with Gasteiger partial charge in [-0.2, -0.15) is 0 Å². The molecule has 1 N–H and O–H groups in total. The predicted molar refractivity (Wildman–Crippen MR) is 123 cm³/mol. The first-order valence-electron chi connectivity index (χ1n) is 11.3. The average Bonchev–Trinajstić information content (AvgIpc) is 2.77. The Morgan fingerprint density at radius 1 is 0.968 bits per heavy atom. The molecule has 5 heteroatoms. The van der Waals surface area contributed by atoms with Crippen molar-refractivity contribution >= 4 is 11.8 Å². The van der Waals surface area contributed by atoms with Gasteiger partial charge in [0, 0.05) is 19.5 Å². The molecule has 31 heavy (non-hydrogen) atoms. The fourth-order valence-electron chi connectivity index (χ4n) is 3.54. The van der Waals surface area contributed by atoms with Gasteiger partial charge in [-0.3, -0.25) is 9.59 Å². The first-order valence-corrected chi connectivity index (χ1v) is 11.3. The van der Waals surface area contributed by atoms with Crippen LogP contribution in [0.1, 0.15) is 69.6 Å². The zero-order chi connectivity index (χ0) is 22.8. The van der Waals surface area contributed by atoms with E-state index in [-0.39, 0.29) is 24.2 Å². The van der Waals surface area contributed by atoms with E-state index in [4.69, 9.17) is 0 Å². The largest absolute Gasteiger partial charge is 0.354 e. The van der Waals surface area contributed by atoms with E-state index in [9.17, 15) is 14.0 Å². The van der Waals surface area contributed by atoms with Crippen molar-refractivity contribution in [2.45, 2.75) is 71.9 Å². The normalized spacial score (nSPS) is 11.9. The van der Waals surface area contributed by atoms with Gasteiger partial charge in [-0.05, 0) is 54.0 Å². The Balaban J connectivity index is 2.15. The van der Waals surface area contributed by atoms with Crippen LogP contribution in [0.15, 0.2) is 48.5 Å². The molecule has 0 fully saturated rings. The van der Waals surface area contributed by atoms with E-state index in [1.165, 1.54) is 17.7 Å². The number of hydrogen-bond donors (Lipinski definition) is 1. The van der Waals surface area contributed by atoms with Crippen molar-refractivity contribution in [2.24, 2.45) is 0 Å². The van der Waals surface area contributed by atoms with Gasteiger partial charge in [0.1, 0.15) is 11.9 Å². The number of amides is 2. The molecule has 0 aromatic heterocycles. The lowest BCUT2D eigenvalue weighted by Crippen LogP contribution is -2.49. The van der Waals surface area contributed by atoms with E-state index >= 15 is 0 Å². The third kappa shape index (κ3) is 7.50. The van der Waals surface area contributed by atoms with Gasteiger partial charge in [-0.15, -0.1) is 0 Å². The lowest BCUT2D eigenvalue weighted by Gasteiger charge is -2.30. The predicted octanol–water partition coefficient (Wildman–Crippen LogP) is 5.22. The Morgan fingerprint density at radius 2 is 1.58 bits per heavy atom. The molecule has 0 bridgehead atoms.